The van der Waals surface area contributed by atoms with Crippen molar-refractivity contribution >= 4 is 40.7 Å². The average molecular weight is 303 g/mol. The van der Waals surface area contributed by atoms with E-state index in [0.29, 0.717) is 28.6 Å². The zero-order valence-electron chi connectivity index (χ0n) is 10.6. The minimum atomic E-state index is -0.289. The number of amides is 2. The number of hydrogen-bond acceptors (Lipinski definition) is 2. The predicted molar refractivity (Wildman–Crippen MR) is 78.0 cm³/mol. The van der Waals surface area contributed by atoms with Crippen molar-refractivity contribution in [2.75, 3.05) is 18.2 Å². The number of unbranched alkanes of at least 4 members (excludes halogenated alkanes) is 1. The first-order chi connectivity index (χ1) is 9.08. The highest BCUT2D eigenvalue weighted by Crippen LogP contribution is 2.20. The molecule has 0 aliphatic carbocycles. The van der Waals surface area contributed by atoms with Gasteiger partial charge in [0.15, 0.2) is 0 Å². The zero-order valence-corrected chi connectivity index (χ0v) is 12.1. The predicted octanol–water partition coefficient (Wildman–Crippen LogP) is 3.05. The lowest BCUT2D eigenvalue weighted by atomic mass is 10.1. The van der Waals surface area contributed by atoms with Crippen LogP contribution in [0.15, 0.2) is 18.2 Å². The molecular formula is C13H16Cl2N2O2. The standard InChI is InChI=1S/C13H16Cl2N2O2/c1-16-13(19)10-8-9(5-6-11(10)15)17-12(18)4-2-3-7-14/h5-6,8H,2-4,7H2,1H3,(H,16,19)(H,17,18). The van der Waals surface area contributed by atoms with Crippen molar-refractivity contribution in [1.82, 2.24) is 5.32 Å². The first kappa shape index (κ1) is 15.8. The summed E-state index contributed by atoms with van der Waals surface area (Å²) < 4.78 is 0. The van der Waals surface area contributed by atoms with Gasteiger partial charge in [0, 0.05) is 25.0 Å². The summed E-state index contributed by atoms with van der Waals surface area (Å²) >= 11 is 11.5. The van der Waals surface area contributed by atoms with Gasteiger partial charge < -0.3 is 10.6 Å². The van der Waals surface area contributed by atoms with Gasteiger partial charge >= 0.3 is 0 Å². The van der Waals surface area contributed by atoms with Crippen molar-refractivity contribution in [3.8, 4) is 0 Å². The van der Waals surface area contributed by atoms with Gasteiger partial charge in [-0.3, -0.25) is 9.59 Å². The Hall–Kier alpha value is -1.26. The number of anilines is 1. The topological polar surface area (TPSA) is 58.2 Å². The molecule has 0 radical (unpaired) electrons. The summed E-state index contributed by atoms with van der Waals surface area (Å²) in [5, 5.41) is 5.57. The molecule has 0 aliphatic rings. The van der Waals surface area contributed by atoms with Gasteiger partial charge in [0.05, 0.1) is 10.6 Å². The van der Waals surface area contributed by atoms with Crippen LogP contribution < -0.4 is 10.6 Å². The van der Waals surface area contributed by atoms with E-state index in [-0.39, 0.29) is 11.8 Å². The summed E-state index contributed by atoms with van der Waals surface area (Å²) in [5.41, 5.74) is 0.890. The van der Waals surface area contributed by atoms with E-state index in [2.05, 4.69) is 10.6 Å². The van der Waals surface area contributed by atoms with Gasteiger partial charge in [0.2, 0.25) is 5.91 Å². The maximum absolute atomic E-state index is 11.6. The third kappa shape index (κ3) is 5.09. The molecule has 1 rings (SSSR count). The Morgan fingerprint density at radius 1 is 1.26 bits per heavy atom. The van der Waals surface area contributed by atoms with E-state index in [1.807, 2.05) is 0 Å². The molecule has 0 fully saturated rings. The van der Waals surface area contributed by atoms with Crippen molar-refractivity contribution in [3.63, 3.8) is 0 Å². The number of halogens is 2. The number of rotatable bonds is 6. The van der Waals surface area contributed by atoms with Crippen molar-refractivity contribution in [3.05, 3.63) is 28.8 Å². The number of hydrogen-bond donors (Lipinski definition) is 2. The van der Waals surface area contributed by atoms with E-state index >= 15 is 0 Å². The molecule has 2 N–H and O–H groups in total. The minimum Gasteiger partial charge on any atom is -0.355 e. The summed E-state index contributed by atoms with van der Waals surface area (Å²) in [7, 11) is 1.52. The fraction of sp³-hybridized carbons (Fsp3) is 0.385. The number of benzene rings is 1. The Kier molecular flexibility index (Phi) is 6.67. The highest BCUT2D eigenvalue weighted by atomic mass is 35.5. The number of carbonyl (C=O) groups is 2. The molecule has 1 aromatic carbocycles. The van der Waals surface area contributed by atoms with Gasteiger partial charge in [0.1, 0.15) is 0 Å². The summed E-state index contributed by atoms with van der Waals surface area (Å²) in [5.74, 6) is 0.160. The Balaban J connectivity index is 2.69. The molecule has 2 amide bonds. The minimum absolute atomic E-state index is 0.102. The molecule has 0 aliphatic heterocycles. The van der Waals surface area contributed by atoms with Crippen LogP contribution in [-0.2, 0) is 4.79 Å². The molecule has 0 aromatic heterocycles. The fourth-order valence-corrected chi connectivity index (χ4v) is 1.91. The van der Waals surface area contributed by atoms with Gasteiger partial charge in [-0.05, 0) is 31.0 Å². The van der Waals surface area contributed by atoms with Gasteiger partial charge in [-0.15, -0.1) is 11.6 Å². The lowest BCUT2D eigenvalue weighted by Crippen LogP contribution is -2.19. The van der Waals surface area contributed by atoms with E-state index < -0.39 is 0 Å². The van der Waals surface area contributed by atoms with E-state index in [0.717, 1.165) is 12.8 Å². The Labute approximate surface area is 122 Å². The monoisotopic (exact) mass is 302 g/mol. The Bertz CT molecular complexity index is 464. The molecule has 1 aromatic rings. The molecule has 0 atom stereocenters. The lowest BCUT2D eigenvalue weighted by molar-refractivity contribution is -0.116. The van der Waals surface area contributed by atoms with Crippen molar-refractivity contribution < 1.29 is 9.59 Å². The third-order valence-corrected chi connectivity index (χ3v) is 3.11. The zero-order chi connectivity index (χ0) is 14.3. The van der Waals surface area contributed by atoms with Gasteiger partial charge in [0.25, 0.3) is 5.91 Å². The fourth-order valence-electron chi connectivity index (χ4n) is 1.52. The van der Waals surface area contributed by atoms with E-state index in [1.165, 1.54) is 7.05 Å². The molecule has 19 heavy (non-hydrogen) atoms. The summed E-state index contributed by atoms with van der Waals surface area (Å²) in [4.78, 5) is 23.2. The summed E-state index contributed by atoms with van der Waals surface area (Å²) in [6.45, 7) is 0. The molecule has 6 heteroatoms. The van der Waals surface area contributed by atoms with Crippen molar-refractivity contribution in [1.29, 1.82) is 0 Å². The normalized spacial score (nSPS) is 10.1. The molecule has 104 valence electrons. The molecule has 0 spiro atoms. The molecule has 0 bridgehead atoms. The van der Waals surface area contributed by atoms with E-state index in [4.69, 9.17) is 23.2 Å². The number of carbonyl (C=O) groups excluding carboxylic acids is 2. The van der Waals surface area contributed by atoms with Crippen LogP contribution in [0.5, 0.6) is 0 Å². The number of nitrogens with one attached hydrogen (secondary N) is 2. The SMILES string of the molecule is CNC(=O)c1cc(NC(=O)CCCCCl)ccc1Cl. The first-order valence-electron chi connectivity index (χ1n) is 5.96. The van der Waals surface area contributed by atoms with E-state index in [9.17, 15) is 9.59 Å². The second-order valence-electron chi connectivity index (χ2n) is 3.97. The first-order valence-corrected chi connectivity index (χ1v) is 6.87. The van der Waals surface area contributed by atoms with Crippen LogP contribution in [0.1, 0.15) is 29.6 Å². The van der Waals surface area contributed by atoms with Crippen LogP contribution in [-0.4, -0.2) is 24.7 Å². The maximum Gasteiger partial charge on any atom is 0.252 e. The van der Waals surface area contributed by atoms with Crippen LogP contribution in [0.4, 0.5) is 5.69 Å². The largest absolute Gasteiger partial charge is 0.355 e. The van der Waals surface area contributed by atoms with Crippen molar-refractivity contribution in [2.24, 2.45) is 0 Å². The van der Waals surface area contributed by atoms with E-state index in [1.54, 1.807) is 18.2 Å². The second-order valence-corrected chi connectivity index (χ2v) is 4.75. The lowest BCUT2D eigenvalue weighted by Gasteiger charge is -2.08. The van der Waals surface area contributed by atoms with Crippen LogP contribution >= 0.6 is 23.2 Å². The molecule has 0 heterocycles. The Morgan fingerprint density at radius 2 is 2.00 bits per heavy atom. The highest BCUT2D eigenvalue weighted by molar-refractivity contribution is 6.34. The molecule has 0 unspecified atom stereocenters. The maximum atomic E-state index is 11.6. The molecule has 0 saturated heterocycles. The molecule has 0 saturated carbocycles. The quantitative estimate of drug-likeness (QED) is 0.627. The van der Waals surface area contributed by atoms with Crippen LogP contribution in [0, 0.1) is 0 Å². The smallest absolute Gasteiger partial charge is 0.252 e. The number of alkyl halides is 1. The highest BCUT2D eigenvalue weighted by Gasteiger charge is 2.10. The molecular weight excluding hydrogens is 287 g/mol. The summed E-state index contributed by atoms with van der Waals surface area (Å²) in [6.07, 6.45) is 1.95. The van der Waals surface area contributed by atoms with Crippen LogP contribution in [0.25, 0.3) is 0 Å². The van der Waals surface area contributed by atoms with Crippen molar-refractivity contribution in [2.45, 2.75) is 19.3 Å². The second kappa shape index (κ2) is 8.02. The van der Waals surface area contributed by atoms with Gasteiger partial charge in [-0.25, -0.2) is 0 Å². The Morgan fingerprint density at radius 3 is 2.63 bits per heavy atom. The third-order valence-electron chi connectivity index (χ3n) is 2.51. The van der Waals surface area contributed by atoms with Crippen LogP contribution in [0.2, 0.25) is 5.02 Å². The average Bonchev–Trinajstić information content (AvgIpc) is 2.40. The summed E-state index contributed by atoms with van der Waals surface area (Å²) in [6, 6.07) is 4.80. The van der Waals surface area contributed by atoms with Gasteiger partial charge in [-0.2, -0.15) is 0 Å². The molecule has 4 nitrogen and oxygen atoms in total. The van der Waals surface area contributed by atoms with Gasteiger partial charge in [-0.1, -0.05) is 11.6 Å². The van der Waals surface area contributed by atoms with Crippen LogP contribution in [0.3, 0.4) is 0 Å².